The van der Waals surface area contributed by atoms with Crippen molar-refractivity contribution in [1.29, 1.82) is 0 Å². The molecule has 3 nitrogen and oxygen atoms in total. The molecule has 4 heteroatoms. The van der Waals surface area contributed by atoms with Crippen molar-refractivity contribution >= 4 is 11.3 Å². The van der Waals surface area contributed by atoms with E-state index in [9.17, 15) is 0 Å². The third-order valence-corrected chi connectivity index (χ3v) is 4.96. The third-order valence-electron chi connectivity index (χ3n) is 3.62. The van der Waals surface area contributed by atoms with Gasteiger partial charge in [-0.15, -0.1) is 11.3 Å². The second-order valence-corrected chi connectivity index (χ2v) is 5.80. The number of ether oxygens (including phenoxy) is 1. The van der Waals surface area contributed by atoms with E-state index in [1.165, 1.54) is 22.7 Å². The van der Waals surface area contributed by atoms with Gasteiger partial charge in [-0.2, -0.15) is 0 Å². The number of aromatic nitrogens is 1. The van der Waals surface area contributed by atoms with Gasteiger partial charge in [0.05, 0.1) is 5.69 Å². The first kappa shape index (κ1) is 13.0. The van der Waals surface area contributed by atoms with Gasteiger partial charge in [0.25, 0.3) is 0 Å². The van der Waals surface area contributed by atoms with E-state index >= 15 is 0 Å². The molecule has 0 aromatic carbocycles. The standard InChI is InChI=1S/C13H22N2OS/c1-4-14-9-11-10(2)15-12(17-11)13(16-3)7-5-6-8-13/h14H,4-9H2,1-3H3. The third kappa shape index (κ3) is 2.54. The second kappa shape index (κ2) is 5.46. The summed E-state index contributed by atoms with van der Waals surface area (Å²) in [6.45, 7) is 6.16. The SMILES string of the molecule is CCNCc1sc(C2(OC)CCCC2)nc1C. The lowest BCUT2D eigenvalue weighted by Crippen LogP contribution is -2.24. The zero-order chi connectivity index (χ0) is 12.3. The Bertz CT molecular complexity index is 369. The van der Waals surface area contributed by atoms with Gasteiger partial charge in [0.2, 0.25) is 0 Å². The molecule has 0 atom stereocenters. The lowest BCUT2D eigenvalue weighted by atomic mass is 10.0. The van der Waals surface area contributed by atoms with Gasteiger partial charge in [-0.1, -0.05) is 19.8 Å². The molecule has 1 saturated carbocycles. The highest BCUT2D eigenvalue weighted by molar-refractivity contribution is 7.11. The van der Waals surface area contributed by atoms with Gasteiger partial charge >= 0.3 is 0 Å². The molecule has 17 heavy (non-hydrogen) atoms. The van der Waals surface area contributed by atoms with Crippen molar-refractivity contribution in [3.63, 3.8) is 0 Å². The Kier molecular flexibility index (Phi) is 4.17. The van der Waals surface area contributed by atoms with Crippen LogP contribution in [0.1, 0.15) is 48.2 Å². The molecule has 0 radical (unpaired) electrons. The zero-order valence-electron chi connectivity index (χ0n) is 11.0. The van der Waals surface area contributed by atoms with Gasteiger partial charge in [-0.3, -0.25) is 0 Å². The molecule has 1 heterocycles. The van der Waals surface area contributed by atoms with Gasteiger partial charge in [-0.05, 0) is 26.3 Å². The fourth-order valence-electron chi connectivity index (χ4n) is 2.48. The van der Waals surface area contributed by atoms with Crippen molar-refractivity contribution in [2.24, 2.45) is 0 Å². The smallest absolute Gasteiger partial charge is 0.125 e. The number of hydrogen-bond acceptors (Lipinski definition) is 4. The van der Waals surface area contributed by atoms with Gasteiger partial charge in [0, 0.05) is 18.5 Å². The van der Waals surface area contributed by atoms with E-state index in [2.05, 4.69) is 19.2 Å². The van der Waals surface area contributed by atoms with Crippen LogP contribution in [0.2, 0.25) is 0 Å². The van der Waals surface area contributed by atoms with E-state index in [0.29, 0.717) is 0 Å². The van der Waals surface area contributed by atoms with Crippen LogP contribution in [0.3, 0.4) is 0 Å². The van der Waals surface area contributed by atoms with Crippen LogP contribution >= 0.6 is 11.3 Å². The first-order valence-corrected chi connectivity index (χ1v) is 7.26. The van der Waals surface area contributed by atoms with E-state index in [0.717, 1.165) is 31.6 Å². The molecule has 1 aliphatic rings. The summed E-state index contributed by atoms with van der Waals surface area (Å²) >= 11 is 1.82. The van der Waals surface area contributed by atoms with Crippen LogP contribution in [-0.2, 0) is 16.9 Å². The number of nitrogens with zero attached hydrogens (tertiary/aromatic N) is 1. The molecule has 1 aromatic rings. The predicted octanol–water partition coefficient (Wildman–Crippen LogP) is 2.98. The molecule has 0 amide bonds. The molecule has 0 spiro atoms. The topological polar surface area (TPSA) is 34.1 Å². The second-order valence-electron chi connectivity index (χ2n) is 4.71. The fourth-order valence-corrected chi connectivity index (χ4v) is 3.73. The number of aryl methyl sites for hydroxylation is 1. The Morgan fingerprint density at radius 2 is 2.12 bits per heavy atom. The molecular formula is C13H22N2OS. The van der Waals surface area contributed by atoms with E-state index in [1.54, 1.807) is 0 Å². The minimum absolute atomic E-state index is 0.0834. The number of methoxy groups -OCH3 is 1. The minimum atomic E-state index is -0.0834. The molecule has 1 fully saturated rings. The van der Waals surface area contributed by atoms with Crippen LogP contribution in [0, 0.1) is 6.92 Å². The first-order valence-electron chi connectivity index (χ1n) is 6.44. The maximum atomic E-state index is 5.79. The van der Waals surface area contributed by atoms with Crippen LogP contribution < -0.4 is 5.32 Å². The molecule has 2 rings (SSSR count). The number of thiazole rings is 1. The van der Waals surface area contributed by atoms with Crippen molar-refractivity contribution in [3.8, 4) is 0 Å². The Hall–Kier alpha value is -0.450. The molecule has 1 aliphatic carbocycles. The van der Waals surface area contributed by atoms with Crippen LogP contribution in [0.25, 0.3) is 0 Å². The predicted molar refractivity (Wildman–Crippen MR) is 71.4 cm³/mol. The van der Waals surface area contributed by atoms with Gasteiger partial charge in [-0.25, -0.2) is 4.98 Å². The van der Waals surface area contributed by atoms with Crippen LogP contribution in [0.5, 0.6) is 0 Å². The van der Waals surface area contributed by atoms with Crippen molar-refractivity contribution in [1.82, 2.24) is 10.3 Å². The van der Waals surface area contributed by atoms with Crippen molar-refractivity contribution in [2.45, 2.75) is 51.7 Å². The summed E-state index contributed by atoms with van der Waals surface area (Å²) in [5.41, 5.74) is 1.08. The molecule has 0 unspecified atom stereocenters. The highest BCUT2D eigenvalue weighted by Gasteiger charge is 2.38. The largest absolute Gasteiger partial charge is 0.371 e. The van der Waals surface area contributed by atoms with E-state index in [4.69, 9.17) is 9.72 Å². The van der Waals surface area contributed by atoms with Crippen LogP contribution in [-0.4, -0.2) is 18.6 Å². The summed E-state index contributed by atoms with van der Waals surface area (Å²) in [5.74, 6) is 0. The molecule has 0 bridgehead atoms. The Labute approximate surface area is 108 Å². The highest BCUT2D eigenvalue weighted by Crippen LogP contribution is 2.43. The number of hydrogen-bond donors (Lipinski definition) is 1. The van der Waals surface area contributed by atoms with Gasteiger partial charge in [0.15, 0.2) is 0 Å². The quantitative estimate of drug-likeness (QED) is 0.877. The Morgan fingerprint density at radius 1 is 1.41 bits per heavy atom. The Balaban J connectivity index is 2.20. The highest BCUT2D eigenvalue weighted by atomic mass is 32.1. The summed E-state index contributed by atoms with van der Waals surface area (Å²) in [7, 11) is 1.83. The fraction of sp³-hybridized carbons (Fsp3) is 0.769. The normalized spacial score (nSPS) is 18.8. The van der Waals surface area contributed by atoms with E-state index in [-0.39, 0.29) is 5.60 Å². The van der Waals surface area contributed by atoms with Crippen LogP contribution in [0.15, 0.2) is 0 Å². The molecule has 0 aliphatic heterocycles. The number of nitrogens with one attached hydrogen (secondary N) is 1. The molecule has 96 valence electrons. The molecule has 0 saturated heterocycles. The summed E-state index contributed by atoms with van der Waals surface area (Å²) in [6, 6.07) is 0. The van der Waals surface area contributed by atoms with Gasteiger partial charge < -0.3 is 10.1 Å². The number of rotatable bonds is 5. The molecule has 1 N–H and O–H groups in total. The molecule has 1 aromatic heterocycles. The van der Waals surface area contributed by atoms with Crippen LogP contribution in [0.4, 0.5) is 0 Å². The summed E-state index contributed by atoms with van der Waals surface area (Å²) in [5, 5.41) is 4.55. The average Bonchev–Trinajstić information content (AvgIpc) is 2.94. The lowest BCUT2D eigenvalue weighted by Gasteiger charge is -2.24. The van der Waals surface area contributed by atoms with Crippen molar-refractivity contribution in [2.75, 3.05) is 13.7 Å². The van der Waals surface area contributed by atoms with E-state index in [1.807, 2.05) is 18.4 Å². The average molecular weight is 254 g/mol. The van der Waals surface area contributed by atoms with Gasteiger partial charge in [0.1, 0.15) is 10.6 Å². The zero-order valence-corrected chi connectivity index (χ0v) is 11.8. The van der Waals surface area contributed by atoms with E-state index < -0.39 is 0 Å². The summed E-state index contributed by atoms with van der Waals surface area (Å²) < 4.78 is 5.79. The lowest BCUT2D eigenvalue weighted by molar-refractivity contribution is -0.00893. The summed E-state index contributed by atoms with van der Waals surface area (Å²) in [4.78, 5) is 6.09. The molecular weight excluding hydrogens is 232 g/mol. The summed E-state index contributed by atoms with van der Waals surface area (Å²) in [6.07, 6.45) is 4.76. The Morgan fingerprint density at radius 3 is 2.71 bits per heavy atom. The maximum absolute atomic E-state index is 5.79. The monoisotopic (exact) mass is 254 g/mol. The van der Waals surface area contributed by atoms with Crippen molar-refractivity contribution in [3.05, 3.63) is 15.6 Å². The first-order chi connectivity index (χ1) is 8.22. The minimum Gasteiger partial charge on any atom is -0.371 e. The van der Waals surface area contributed by atoms with Crippen molar-refractivity contribution < 1.29 is 4.74 Å². The maximum Gasteiger partial charge on any atom is 0.125 e.